The minimum atomic E-state index is -0.376. The number of imide groups is 1. The first-order chi connectivity index (χ1) is 17.1. The van der Waals surface area contributed by atoms with Gasteiger partial charge in [-0.3, -0.25) is 19.9 Å². The molecule has 0 aromatic carbocycles. The van der Waals surface area contributed by atoms with Gasteiger partial charge in [-0.15, -0.1) is 11.8 Å². The lowest BCUT2D eigenvalue weighted by Gasteiger charge is -2.30. The molecule has 180 valence electrons. The molecule has 2 amide bonds. The number of thioether (sulfide) groups is 1. The molecule has 1 aliphatic heterocycles. The number of anilines is 1. The number of rotatable bonds is 7. The monoisotopic (exact) mass is 506 g/mol. The van der Waals surface area contributed by atoms with Crippen LogP contribution < -0.4 is 16.0 Å². The third kappa shape index (κ3) is 6.14. The van der Waals surface area contributed by atoms with Crippen molar-refractivity contribution < 1.29 is 9.59 Å². The molecule has 2 aliphatic rings. The first-order valence-corrected chi connectivity index (χ1v) is 13.5. The summed E-state index contributed by atoms with van der Waals surface area (Å²) in [4.78, 5) is 37.3. The molecule has 0 bridgehead atoms. The average Bonchev–Trinajstić information content (AvgIpc) is 3.41. The molecule has 1 saturated carbocycles. The van der Waals surface area contributed by atoms with Gasteiger partial charge in [-0.2, -0.15) is 11.3 Å². The lowest BCUT2D eigenvalue weighted by atomic mass is 9.91. The Morgan fingerprint density at radius 2 is 1.91 bits per heavy atom. The molecule has 35 heavy (non-hydrogen) atoms. The molecular formula is C25H26N6O2S2. The molecule has 3 aromatic heterocycles. The number of hydrogen-bond donors (Lipinski definition) is 3. The zero-order valence-electron chi connectivity index (χ0n) is 19.1. The molecule has 1 saturated heterocycles. The van der Waals surface area contributed by atoms with E-state index in [-0.39, 0.29) is 17.6 Å². The van der Waals surface area contributed by atoms with Crippen molar-refractivity contribution in [3.63, 3.8) is 0 Å². The van der Waals surface area contributed by atoms with E-state index in [1.807, 2.05) is 12.3 Å². The van der Waals surface area contributed by atoms with Gasteiger partial charge in [-0.25, -0.2) is 9.97 Å². The van der Waals surface area contributed by atoms with Gasteiger partial charge in [0.2, 0.25) is 11.9 Å². The van der Waals surface area contributed by atoms with Crippen LogP contribution in [0.1, 0.15) is 36.9 Å². The minimum absolute atomic E-state index is 0.237. The Bertz CT molecular complexity index is 1220. The first-order valence-electron chi connectivity index (χ1n) is 11.6. The van der Waals surface area contributed by atoms with Gasteiger partial charge in [0.05, 0.1) is 22.0 Å². The standard InChI is InChI=1S/C25H26N6O2S2/c32-22-15-35-21(24(33)31-22)12-20-7-10-27-25(30-20)29-19-5-3-18(4-6-19)28-13-16-2-1-9-26-23(16)17-8-11-34-14-17/h1-2,7-12,14,18-19,28H,3-6,13,15H2,(H,27,29,30)(H,31,32,33)/b21-12-/t18-,19-. The van der Waals surface area contributed by atoms with Crippen LogP contribution in [0.15, 0.2) is 52.3 Å². The maximum atomic E-state index is 12.0. The largest absolute Gasteiger partial charge is 0.351 e. The number of aromatic nitrogens is 3. The fourth-order valence-electron chi connectivity index (χ4n) is 4.32. The molecule has 0 atom stereocenters. The second-order valence-corrected chi connectivity index (χ2v) is 10.4. The molecule has 8 nitrogen and oxygen atoms in total. The molecule has 0 spiro atoms. The maximum absolute atomic E-state index is 12.0. The Labute approximate surface area is 212 Å². The van der Waals surface area contributed by atoms with Crippen molar-refractivity contribution in [2.45, 2.75) is 44.3 Å². The molecule has 3 aromatic rings. The maximum Gasteiger partial charge on any atom is 0.264 e. The molecule has 0 radical (unpaired) electrons. The summed E-state index contributed by atoms with van der Waals surface area (Å²) in [6, 6.07) is 8.78. The zero-order chi connectivity index (χ0) is 24.0. The highest BCUT2D eigenvalue weighted by Gasteiger charge is 2.23. The quantitative estimate of drug-likeness (QED) is 0.328. The van der Waals surface area contributed by atoms with Crippen molar-refractivity contribution in [2.24, 2.45) is 0 Å². The summed E-state index contributed by atoms with van der Waals surface area (Å²) in [5.74, 6) is 0.152. The highest BCUT2D eigenvalue weighted by molar-refractivity contribution is 8.04. The minimum Gasteiger partial charge on any atom is -0.351 e. The van der Waals surface area contributed by atoms with E-state index in [2.05, 4.69) is 53.8 Å². The summed E-state index contributed by atoms with van der Waals surface area (Å²) in [7, 11) is 0. The molecule has 3 N–H and O–H groups in total. The van der Waals surface area contributed by atoms with Crippen LogP contribution in [-0.4, -0.2) is 44.6 Å². The first kappa shape index (κ1) is 23.7. The van der Waals surface area contributed by atoms with E-state index in [0.717, 1.165) is 37.9 Å². The second-order valence-electron chi connectivity index (χ2n) is 8.58. The fraction of sp³-hybridized carbons (Fsp3) is 0.320. The third-order valence-electron chi connectivity index (χ3n) is 6.12. The van der Waals surface area contributed by atoms with Crippen LogP contribution in [0.4, 0.5) is 5.95 Å². The lowest BCUT2D eigenvalue weighted by Crippen LogP contribution is -2.37. The van der Waals surface area contributed by atoms with Gasteiger partial charge in [-0.1, -0.05) is 6.07 Å². The fourth-order valence-corrected chi connectivity index (χ4v) is 5.70. The second kappa shape index (κ2) is 11.1. The summed E-state index contributed by atoms with van der Waals surface area (Å²) >= 11 is 2.92. The van der Waals surface area contributed by atoms with Crippen molar-refractivity contribution >= 4 is 46.9 Å². The Hall–Kier alpha value is -3.08. The van der Waals surface area contributed by atoms with Crippen LogP contribution in [0.5, 0.6) is 0 Å². The Balaban J connectivity index is 1.13. The predicted molar refractivity (Wildman–Crippen MR) is 140 cm³/mol. The number of hydrogen-bond acceptors (Lipinski definition) is 9. The van der Waals surface area contributed by atoms with Gasteiger partial charge >= 0.3 is 0 Å². The number of nitrogens with one attached hydrogen (secondary N) is 3. The topological polar surface area (TPSA) is 109 Å². The summed E-state index contributed by atoms with van der Waals surface area (Å²) < 4.78 is 0. The molecule has 5 rings (SSSR count). The summed E-state index contributed by atoms with van der Waals surface area (Å²) in [6.07, 6.45) is 9.42. The SMILES string of the molecule is O=C1CS/C(=C\c2ccnc(N[C@H]3CC[C@H](NCc4cccnc4-c4ccsc4)CC3)n2)C(=O)N1. The lowest BCUT2D eigenvalue weighted by molar-refractivity contribution is -0.126. The number of carbonyl (C=O) groups excluding carboxylic acids is 2. The van der Waals surface area contributed by atoms with Crippen molar-refractivity contribution in [1.29, 1.82) is 0 Å². The molecule has 0 unspecified atom stereocenters. The molecular weight excluding hydrogens is 480 g/mol. The van der Waals surface area contributed by atoms with Gasteiger partial charge in [0.25, 0.3) is 5.91 Å². The van der Waals surface area contributed by atoms with E-state index in [4.69, 9.17) is 0 Å². The van der Waals surface area contributed by atoms with Crippen molar-refractivity contribution in [3.8, 4) is 11.3 Å². The van der Waals surface area contributed by atoms with E-state index in [9.17, 15) is 9.59 Å². The number of amides is 2. The van der Waals surface area contributed by atoms with Gasteiger partial charge in [0.15, 0.2) is 0 Å². The van der Waals surface area contributed by atoms with Crippen molar-refractivity contribution in [2.75, 3.05) is 11.1 Å². The summed E-state index contributed by atoms with van der Waals surface area (Å²) in [5.41, 5.74) is 4.09. The van der Waals surface area contributed by atoms with E-state index in [1.54, 1.807) is 29.7 Å². The van der Waals surface area contributed by atoms with Crippen LogP contribution in [0.2, 0.25) is 0 Å². The van der Waals surface area contributed by atoms with Gasteiger partial charge in [-0.05, 0) is 60.9 Å². The van der Waals surface area contributed by atoms with Gasteiger partial charge < -0.3 is 10.6 Å². The number of thiophene rings is 1. The molecule has 2 fully saturated rings. The molecule has 1 aliphatic carbocycles. The van der Waals surface area contributed by atoms with Crippen LogP contribution in [-0.2, 0) is 16.1 Å². The van der Waals surface area contributed by atoms with Crippen molar-refractivity contribution in [1.82, 2.24) is 25.6 Å². The smallest absolute Gasteiger partial charge is 0.264 e. The normalized spacial score (nSPS) is 21.7. The number of nitrogens with zero attached hydrogens (tertiary/aromatic N) is 3. The Morgan fingerprint density at radius 1 is 1.06 bits per heavy atom. The molecule has 4 heterocycles. The Morgan fingerprint density at radius 3 is 2.71 bits per heavy atom. The highest BCUT2D eigenvalue weighted by atomic mass is 32.2. The predicted octanol–water partition coefficient (Wildman–Crippen LogP) is 3.84. The highest BCUT2D eigenvalue weighted by Crippen LogP contribution is 2.26. The molecule has 10 heteroatoms. The van der Waals surface area contributed by atoms with E-state index >= 15 is 0 Å². The van der Waals surface area contributed by atoms with Crippen LogP contribution in [0.3, 0.4) is 0 Å². The Kier molecular flexibility index (Phi) is 7.51. The van der Waals surface area contributed by atoms with E-state index < -0.39 is 0 Å². The number of carbonyl (C=O) groups is 2. The average molecular weight is 507 g/mol. The van der Waals surface area contributed by atoms with Crippen LogP contribution in [0, 0.1) is 0 Å². The van der Waals surface area contributed by atoms with E-state index in [1.165, 1.54) is 22.9 Å². The zero-order valence-corrected chi connectivity index (χ0v) is 20.7. The third-order valence-corrected chi connectivity index (χ3v) is 7.82. The van der Waals surface area contributed by atoms with Gasteiger partial charge in [0.1, 0.15) is 0 Å². The van der Waals surface area contributed by atoms with E-state index in [0.29, 0.717) is 28.6 Å². The van der Waals surface area contributed by atoms with Crippen molar-refractivity contribution in [3.05, 3.63) is 63.6 Å². The summed E-state index contributed by atoms with van der Waals surface area (Å²) in [6.45, 7) is 0.804. The van der Waals surface area contributed by atoms with Crippen LogP contribution in [0.25, 0.3) is 17.3 Å². The van der Waals surface area contributed by atoms with Crippen LogP contribution >= 0.6 is 23.1 Å². The summed E-state index contributed by atoms with van der Waals surface area (Å²) in [5, 5.41) is 13.7. The number of pyridine rings is 1. The van der Waals surface area contributed by atoms with Gasteiger partial charge in [0, 0.05) is 42.0 Å².